The van der Waals surface area contributed by atoms with E-state index in [2.05, 4.69) is 0 Å². The topological polar surface area (TPSA) is 87.9 Å². The van der Waals surface area contributed by atoms with Gasteiger partial charge >= 0.3 is 5.97 Å². The number of hydrogen-bond acceptors (Lipinski definition) is 5. The average Bonchev–Trinajstić information content (AvgIpc) is 2.72. The van der Waals surface area contributed by atoms with Crippen molar-refractivity contribution in [1.82, 2.24) is 0 Å². The van der Waals surface area contributed by atoms with Gasteiger partial charge < -0.3 is 19.9 Å². The van der Waals surface area contributed by atoms with Crippen LogP contribution >= 0.6 is 0 Å². The van der Waals surface area contributed by atoms with Gasteiger partial charge in [-0.05, 0) is 54.1 Å². The van der Waals surface area contributed by atoms with Crippen LogP contribution in [0.5, 0.6) is 17.2 Å². The summed E-state index contributed by atoms with van der Waals surface area (Å²) in [7, 11) is 0. The second kappa shape index (κ2) is 9.23. The average molecular weight is 377 g/mol. The normalized spacial score (nSPS) is 10.1. The molecule has 0 aliphatic rings. The summed E-state index contributed by atoms with van der Waals surface area (Å²) in [5.41, 5.74) is 6.58. The molecule has 142 valence electrons. The highest BCUT2D eigenvalue weighted by atomic mass is 16.6. The molecule has 28 heavy (non-hydrogen) atoms. The fourth-order valence-corrected chi connectivity index (χ4v) is 2.36. The number of hydrogen-bond donors (Lipinski definition) is 1. The third-order valence-electron chi connectivity index (χ3n) is 3.80. The van der Waals surface area contributed by atoms with Crippen LogP contribution in [0.3, 0.4) is 0 Å². The molecule has 0 spiro atoms. The van der Waals surface area contributed by atoms with E-state index in [9.17, 15) is 9.59 Å². The standard InChI is InChI=1S/C22H19NO5/c23-22(25)17-6-8-20(9-7-17)28-21(24)15-27-19-12-10-18(11-13-19)26-14-16-4-2-1-3-5-16/h1-13H,14-15H2,(H2,23,25). The monoisotopic (exact) mass is 377 g/mol. The third-order valence-corrected chi connectivity index (χ3v) is 3.80. The lowest BCUT2D eigenvalue weighted by atomic mass is 10.2. The van der Waals surface area contributed by atoms with E-state index >= 15 is 0 Å². The van der Waals surface area contributed by atoms with Gasteiger partial charge in [-0.15, -0.1) is 0 Å². The van der Waals surface area contributed by atoms with Gasteiger partial charge in [-0.3, -0.25) is 4.79 Å². The van der Waals surface area contributed by atoms with Crippen molar-refractivity contribution in [2.45, 2.75) is 6.61 Å². The molecule has 0 atom stereocenters. The summed E-state index contributed by atoms with van der Waals surface area (Å²) in [6.45, 7) is 0.226. The minimum absolute atomic E-state index is 0.248. The molecule has 0 aliphatic heterocycles. The second-order valence-electron chi connectivity index (χ2n) is 5.90. The first-order valence-electron chi connectivity index (χ1n) is 8.60. The molecule has 3 rings (SSSR count). The first-order valence-corrected chi connectivity index (χ1v) is 8.60. The molecule has 0 saturated heterocycles. The van der Waals surface area contributed by atoms with Gasteiger partial charge in [-0.25, -0.2) is 4.79 Å². The molecule has 3 aromatic rings. The molecule has 2 N–H and O–H groups in total. The lowest BCUT2D eigenvalue weighted by Crippen LogP contribution is -2.18. The van der Waals surface area contributed by atoms with Gasteiger partial charge in [0.25, 0.3) is 0 Å². The Morgan fingerprint density at radius 3 is 1.89 bits per heavy atom. The zero-order valence-corrected chi connectivity index (χ0v) is 15.0. The van der Waals surface area contributed by atoms with Crippen LogP contribution < -0.4 is 19.9 Å². The zero-order valence-electron chi connectivity index (χ0n) is 15.0. The van der Waals surface area contributed by atoms with Crippen LogP contribution in [-0.4, -0.2) is 18.5 Å². The molecule has 3 aromatic carbocycles. The van der Waals surface area contributed by atoms with E-state index in [0.29, 0.717) is 29.4 Å². The van der Waals surface area contributed by atoms with Crippen LogP contribution in [0.25, 0.3) is 0 Å². The summed E-state index contributed by atoms with van der Waals surface area (Å²) in [6.07, 6.45) is 0. The van der Waals surface area contributed by atoms with E-state index in [-0.39, 0.29) is 6.61 Å². The van der Waals surface area contributed by atoms with Crippen molar-refractivity contribution in [3.05, 3.63) is 90.0 Å². The predicted molar refractivity (Wildman–Crippen MR) is 103 cm³/mol. The molecule has 0 heterocycles. The van der Waals surface area contributed by atoms with Gasteiger partial charge in [0.05, 0.1) is 0 Å². The van der Waals surface area contributed by atoms with Crippen LogP contribution in [0.15, 0.2) is 78.9 Å². The molecule has 0 saturated carbocycles. The van der Waals surface area contributed by atoms with E-state index in [0.717, 1.165) is 5.56 Å². The Morgan fingerprint density at radius 2 is 1.29 bits per heavy atom. The smallest absolute Gasteiger partial charge is 0.349 e. The fraction of sp³-hybridized carbons (Fsp3) is 0.0909. The Kier molecular flexibility index (Phi) is 6.25. The Bertz CT molecular complexity index is 921. The molecule has 6 heteroatoms. The van der Waals surface area contributed by atoms with Crippen LogP contribution in [-0.2, 0) is 11.4 Å². The van der Waals surface area contributed by atoms with Gasteiger partial charge in [-0.1, -0.05) is 30.3 Å². The number of rotatable bonds is 8. The van der Waals surface area contributed by atoms with Crippen molar-refractivity contribution in [2.75, 3.05) is 6.61 Å². The summed E-state index contributed by atoms with van der Waals surface area (Å²) in [5, 5.41) is 0. The van der Waals surface area contributed by atoms with Crippen LogP contribution in [0.1, 0.15) is 15.9 Å². The van der Waals surface area contributed by atoms with Crippen LogP contribution in [0.2, 0.25) is 0 Å². The molecule has 0 aromatic heterocycles. The molecule has 1 amide bonds. The minimum Gasteiger partial charge on any atom is -0.489 e. The number of amides is 1. The van der Waals surface area contributed by atoms with Gasteiger partial charge in [-0.2, -0.15) is 0 Å². The Balaban J connectivity index is 1.45. The number of nitrogens with two attached hydrogens (primary N) is 1. The number of carbonyl (C=O) groups excluding carboxylic acids is 2. The first-order chi connectivity index (χ1) is 13.6. The summed E-state index contributed by atoms with van der Waals surface area (Å²) >= 11 is 0. The molecule has 0 fully saturated rings. The summed E-state index contributed by atoms with van der Waals surface area (Å²) in [4.78, 5) is 22.9. The molecular weight excluding hydrogens is 358 g/mol. The fourth-order valence-electron chi connectivity index (χ4n) is 2.36. The van der Waals surface area contributed by atoms with E-state index in [1.54, 1.807) is 24.3 Å². The van der Waals surface area contributed by atoms with Crippen molar-refractivity contribution >= 4 is 11.9 Å². The lowest BCUT2D eigenvalue weighted by molar-refractivity contribution is -0.136. The van der Waals surface area contributed by atoms with Gasteiger partial charge in [0.2, 0.25) is 5.91 Å². The first kappa shape index (κ1) is 19.0. The largest absolute Gasteiger partial charge is 0.489 e. The Morgan fingerprint density at radius 1 is 0.714 bits per heavy atom. The van der Waals surface area contributed by atoms with Crippen molar-refractivity contribution in [3.8, 4) is 17.2 Å². The maximum atomic E-state index is 11.9. The lowest BCUT2D eigenvalue weighted by Gasteiger charge is -2.09. The zero-order chi connectivity index (χ0) is 19.8. The Labute approximate surface area is 162 Å². The number of esters is 1. The van der Waals surface area contributed by atoms with Crippen molar-refractivity contribution < 1.29 is 23.8 Å². The summed E-state index contributed by atoms with van der Waals surface area (Å²) in [6, 6.07) is 22.8. The van der Waals surface area contributed by atoms with Gasteiger partial charge in [0.15, 0.2) is 6.61 Å². The highest BCUT2D eigenvalue weighted by molar-refractivity contribution is 5.92. The minimum atomic E-state index is -0.559. The quantitative estimate of drug-likeness (QED) is 0.480. The van der Waals surface area contributed by atoms with E-state index in [1.807, 2.05) is 30.3 Å². The molecule has 0 unspecified atom stereocenters. The van der Waals surface area contributed by atoms with Gasteiger partial charge in [0.1, 0.15) is 23.9 Å². The summed E-state index contributed by atoms with van der Waals surface area (Å²) in [5.74, 6) is 0.429. The highest BCUT2D eigenvalue weighted by Crippen LogP contribution is 2.19. The SMILES string of the molecule is NC(=O)c1ccc(OC(=O)COc2ccc(OCc3ccccc3)cc2)cc1. The van der Waals surface area contributed by atoms with Crippen molar-refractivity contribution in [1.29, 1.82) is 0 Å². The molecular formula is C22H19NO5. The van der Waals surface area contributed by atoms with E-state index in [4.69, 9.17) is 19.9 Å². The number of primary amides is 1. The number of carbonyl (C=O) groups is 2. The highest BCUT2D eigenvalue weighted by Gasteiger charge is 2.08. The molecule has 0 bridgehead atoms. The van der Waals surface area contributed by atoms with Crippen LogP contribution in [0, 0.1) is 0 Å². The van der Waals surface area contributed by atoms with Gasteiger partial charge in [0, 0.05) is 5.56 Å². The molecule has 0 aliphatic carbocycles. The maximum Gasteiger partial charge on any atom is 0.349 e. The second-order valence-corrected chi connectivity index (χ2v) is 5.90. The van der Waals surface area contributed by atoms with E-state index < -0.39 is 11.9 Å². The number of ether oxygens (including phenoxy) is 3. The predicted octanol–water partition coefficient (Wildman–Crippen LogP) is 3.35. The van der Waals surface area contributed by atoms with Crippen molar-refractivity contribution in [3.63, 3.8) is 0 Å². The molecule has 0 radical (unpaired) electrons. The van der Waals surface area contributed by atoms with Crippen molar-refractivity contribution in [2.24, 2.45) is 5.73 Å². The van der Waals surface area contributed by atoms with Crippen LogP contribution in [0.4, 0.5) is 0 Å². The Hall–Kier alpha value is -3.80. The maximum absolute atomic E-state index is 11.9. The number of benzene rings is 3. The summed E-state index contributed by atoms with van der Waals surface area (Å²) < 4.78 is 16.3. The third kappa shape index (κ3) is 5.60. The molecule has 6 nitrogen and oxygen atoms in total. The van der Waals surface area contributed by atoms with E-state index in [1.165, 1.54) is 24.3 Å².